The lowest BCUT2D eigenvalue weighted by atomic mass is 10.2. The maximum atomic E-state index is 5.75. The smallest absolute Gasteiger partial charge is 0.231 e. The van der Waals surface area contributed by atoms with E-state index in [1.165, 1.54) is 0 Å². The lowest BCUT2D eigenvalue weighted by Crippen LogP contribution is -1.97. The monoisotopic (exact) mass is 280 g/mol. The first-order chi connectivity index (χ1) is 10.3. The fourth-order valence-electron chi connectivity index (χ4n) is 2.36. The summed E-state index contributed by atoms with van der Waals surface area (Å²) in [5.74, 6) is 1.97. The average Bonchev–Trinajstić information content (AvgIpc) is 3.15. The second-order valence-electron chi connectivity index (χ2n) is 4.66. The summed E-state index contributed by atoms with van der Waals surface area (Å²) in [6, 6.07) is 9.50. The average molecular weight is 280 g/mol. The third-order valence-electron chi connectivity index (χ3n) is 3.35. The van der Waals surface area contributed by atoms with Gasteiger partial charge in [0.1, 0.15) is 5.82 Å². The van der Waals surface area contributed by atoms with E-state index in [9.17, 15) is 0 Å². The van der Waals surface area contributed by atoms with Gasteiger partial charge in [0.25, 0.3) is 0 Å². The zero-order valence-electron chi connectivity index (χ0n) is 11.1. The molecule has 21 heavy (non-hydrogen) atoms. The molecule has 0 unspecified atom stereocenters. The van der Waals surface area contributed by atoms with E-state index in [0.29, 0.717) is 5.82 Å². The number of nitrogens with zero attached hydrogens (tertiary/aromatic N) is 3. The predicted molar refractivity (Wildman–Crippen MR) is 77.3 cm³/mol. The maximum absolute atomic E-state index is 5.75. The van der Waals surface area contributed by atoms with E-state index < -0.39 is 0 Å². The molecule has 1 aliphatic heterocycles. The normalized spacial score (nSPS) is 12.6. The van der Waals surface area contributed by atoms with E-state index >= 15 is 0 Å². The highest BCUT2D eigenvalue weighted by atomic mass is 16.7. The van der Waals surface area contributed by atoms with Gasteiger partial charge in [-0.25, -0.2) is 9.97 Å². The Labute approximate surface area is 120 Å². The summed E-state index contributed by atoms with van der Waals surface area (Å²) in [7, 11) is 0. The second kappa shape index (κ2) is 4.52. The summed E-state index contributed by atoms with van der Waals surface area (Å²) in [6.45, 7) is 0.260. The van der Waals surface area contributed by atoms with Crippen LogP contribution in [0, 0.1) is 0 Å². The Bertz CT molecular complexity index is 813. The number of anilines is 1. The highest BCUT2D eigenvalue weighted by molar-refractivity contribution is 5.65. The number of hydrogen-bond donors (Lipinski definition) is 1. The number of ether oxygens (including phenoxy) is 2. The van der Waals surface area contributed by atoms with Gasteiger partial charge in [-0.15, -0.1) is 0 Å². The van der Waals surface area contributed by atoms with Crippen LogP contribution in [-0.2, 0) is 0 Å². The van der Waals surface area contributed by atoms with Crippen molar-refractivity contribution in [1.82, 2.24) is 14.5 Å². The molecular weight excluding hydrogens is 268 g/mol. The largest absolute Gasteiger partial charge is 0.454 e. The van der Waals surface area contributed by atoms with Crippen LogP contribution < -0.4 is 15.2 Å². The molecule has 4 rings (SSSR count). The van der Waals surface area contributed by atoms with Gasteiger partial charge in [0, 0.05) is 17.8 Å². The molecule has 1 aliphatic rings. The Hall–Kier alpha value is -3.02. The topological polar surface area (TPSA) is 75.2 Å². The van der Waals surface area contributed by atoms with Crippen molar-refractivity contribution in [1.29, 1.82) is 0 Å². The SMILES string of the molecule is Nc1cc(-c2cncn2-c2ccc3c(c2)OCO3)ccn1. The predicted octanol–water partition coefficient (Wildman–Crippen LogP) is 2.25. The molecule has 2 N–H and O–H groups in total. The van der Waals surface area contributed by atoms with Crippen molar-refractivity contribution in [3.05, 3.63) is 49.1 Å². The van der Waals surface area contributed by atoms with E-state index in [1.54, 1.807) is 18.7 Å². The second-order valence-corrected chi connectivity index (χ2v) is 4.66. The molecule has 0 fully saturated rings. The maximum Gasteiger partial charge on any atom is 0.231 e. The number of aromatic nitrogens is 3. The zero-order valence-corrected chi connectivity index (χ0v) is 11.1. The van der Waals surface area contributed by atoms with Crippen molar-refractivity contribution in [3.8, 4) is 28.4 Å². The van der Waals surface area contributed by atoms with Crippen molar-refractivity contribution in [3.63, 3.8) is 0 Å². The van der Waals surface area contributed by atoms with Gasteiger partial charge in [-0.05, 0) is 24.3 Å². The van der Waals surface area contributed by atoms with Gasteiger partial charge in [-0.3, -0.25) is 4.57 Å². The van der Waals surface area contributed by atoms with Gasteiger partial charge in [-0.1, -0.05) is 0 Å². The fraction of sp³-hybridized carbons (Fsp3) is 0.0667. The van der Waals surface area contributed by atoms with Crippen molar-refractivity contribution < 1.29 is 9.47 Å². The lowest BCUT2D eigenvalue weighted by Gasteiger charge is -2.09. The number of pyridine rings is 1. The van der Waals surface area contributed by atoms with E-state index in [2.05, 4.69) is 9.97 Å². The third kappa shape index (κ3) is 1.97. The molecule has 0 aliphatic carbocycles. The summed E-state index contributed by atoms with van der Waals surface area (Å²) in [5.41, 5.74) is 8.59. The highest BCUT2D eigenvalue weighted by Crippen LogP contribution is 2.34. The minimum absolute atomic E-state index is 0.260. The van der Waals surface area contributed by atoms with Crippen LogP contribution in [0.3, 0.4) is 0 Å². The number of rotatable bonds is 2. The summed E-state index contributed by atoms with van der Waals surface area (Å²) < 4.78 is 12.7. The molecule has 0 bridgehead atoms. The molecule has 3 aromatic rings. The first kappa shape index (κ1) is 11.8. The van der Waals surface area contributed by atoms with Crippen molar-refractivity contribution in [2.45, 2.75) is 0 Å². The molecule has 6 nitrogen and oxygen atoms in total. The number of hydrogen-bond acceptors (Lipinski definition) is 5. The van der Waals surface area contributed by atoms with Crippen LogP contribution in [0.15, 0.2) is 49.1 Å². The molecule has 104 valence electrons. The first-order valence-corrected chi connectivity index (χ1v) is 6.45. The van der Waals surface area contributed by atoms with E-state index in [4.69, 9.17) is 15.2 Å². The van der Waals surface area contributed by atoms with Crippen LogP contribution in [0.1, 0.15) is 0 Å². The Balaban J connectivity index is 1.82. The Kier molecular flexibility index (Phi) is 2.53. The number of nitrogens with two attached hydrogens (primary N) is 1. The first-order valence-electron chi connectivity index (χ1n) is 6.45. The summed E-state index contributed by atoms with van der Waals surface area (Å²) in [4.78, 5) is 8.24. The number of imidazole rings is 1. The summed E-state index contributed by atoms with van der Waals surface area (Å²) in [5, 5.41) is 0. The molecule has 0 spiro atoms. The van der Waals surface area contributed by atoms with Crippen molar-refractivity contribution in [2.24, 2.45) is 0 Å². The summed E-state index contributed by atoms with van der Waals surface area (Å²) >= 11 is 0. The summed E-state index contributed by atoms with van der Waals surface area (Å²) in [6.07, 6.45) is 5.23. The van der Waals surface area contributed by atoms with E-state index in [1.807, 2.05) is 34.9 Å². The molecular formula is C15H12N4O2. The molecule has 0 atom stereocenters. The van der Waals surface area contributed by atoms with Gasteiger partial charge in [0.2, 0.25) is 6.79 Å². The molecule has 0 saturated heterocycles. The molecule has 0 amide bonds. The minimum Gasteiger partial charge on any atom is -0.454 e. The van der Waals surface area contributed by atoms with Crippen LogP contribution in [-0.4, -0.2) is 21.3 Å². The van der Waals surface area contributed by atoms with Crippen molar-refractivity contribution in [2.75, 3.05) is 12.5 Å². The van der Waals surface area contributed by atoms with Crippen LogP contribution in [0.4, 0.5) is 5.82 Å². The molecule has 0 saturated carbocycles. The highest BCUT2D eigenvalue weighted by Gasteiger charge is 2.15. The van der Waals surface area contributed by atoms with Gasteiger partial charge in [0.05, 0.1) is 23.9 Å². The van der Waals surface area contributed by atoms with Gasteiger partial charge in [-0.2, -0.15) is 0 Å². The van der Waals surface area contributed by atoms with Crippen LogP contribution in [0.2, 0.25) is 0 Å². The number of benzene rings is 1. The lowest BCUT2D eigenvalue weighted by molar-refractivity contribution is 0.174. The minimum atomic E-state index is 0.260. The third-order valence-corrected chi connectivity index (χ3v) is 3.35. The van der Waals surface area contributed by atoms with Gasteiger partial charge < -0.3 is 15.2 Å². The molecule has 6 heteroatoms. The standard InChI is InChI=1S/C15H12N4O2/c16-15-5-10(3-4-18-15)12-7-17-8-19(12)11-1-2-13-14(6-11)21-9-20-13/h1-8H,9H2,(H2,16,18). The molecule has 0 radical (unpaired) electrons. The number of nitrogen functional groups attached to an aromatic ring is 1. The molecule has 2 aromatic heterocycles. The van der Waals surface area contributed by atoms with Crippen LogP contribution in [0.5, 0.6) is 11.5 Å². The van der Waals surface area contributed by atoms with Crippen LogP contribution in [0.25, 0.3) is 16.9 Å². The fourth-order valence-corrected chi connectivity index (χ4v) is 2.36. The van der Waals surface area contributed by atoms with Crippen molar-refractivity contribution >= 4 is 5.82 Å². The Morgan fingerprint density at radius 3 is 2.90 bits per heavy atom. The number of fused-ring (bicyclic) bond motifs is 1. The Morgan fingerprint density at radius 2 is 2.00 bits per heavy atom. The van der Waals surface area contributed by atoms with E-state index in [-0.39, 0.29) is 6.79 Å². The van der Waals surface area contributed by atoms with E-state index in [0.717, 1.165) is 28.4 Å². The molecule has 1 aromatic carbocycles. The zero-order chi connectivity index (χ0) is 14.2. The molecule has 3 heterocycles. The van der Waals surface area contributed by atoms with Gasteiger partial charge in [0.15, 0.2) is 11.5 Å². The van der Waals surface area contributed by atoms with Gasteiger partial charge >= 0.3 is 0 Å². The Morgan fingerprint density at radius 1 is 1.10 bits per heavy atom. The van der Waals surface area contributed by atoms with Crippen LogP contribution >= 0.6 is 0 Å². The quantitative estimate of drug-likeness (QED) is 0.779.